The quantitative estimate of drug-likeness (QED) is 0.156. The lowest BCUT2D eigenvalue weighted by atomic mass is 9.84. The summed E-state index contributed by atoms with van der Waals surface area (Å²) in [6, 6.07) is 0. The number of unbranched alkanes of at least 4 members (excludes halogenated alkanes) is 3. The lowest BCUT2D eigenvalue weighted by Gasteiger charge is -2.33. The molecule has 0 aliphatic carbocycles. The molecule has 2 unspecified atom stereocenters. The van der Waals surface area contributed by atoms with Crippen molar-refractivity contribution >= 4 is 15.9 Å². The van der Waals surface area contributed by atoms with E-state index >= 15 is 0 Å². The maximum absolute atomic E-state index is 5.91. The minimum atomic E-state index is 0.272. The summed E-state index contributed by atoms with van der Waals surface area (Å²) < 4.78 is 11.8. The summed E-state index contributed by atoms with van der Waals surface area (Å²) in [4.78, 5) is 0. The summed E-state index contributed by atoms with van der Waals surface area (Å²) in [5.74, 6) is 2.03. The molecule has 0 radical (unpaired) electrons. The van der Waals surface area contributed by atoms with Gasteiger partial charge < -0.3 is 9.47 Å². The van der Waals surface area contributed by atoms with Crippen molar-refractivity contribution < 1.29 is 9.47 Å². The number of methoxy groups -OCH3 is 2. The van der Waals surface area contributed by atoms with Crippen LogP contribution in [0.25, 0.3) is 0 Å². The molecule has 0 aliphatic rings. The molecule has 3 heteroatoms. The molecule has 27 heavy (non-hydrogen) atoms. The van der Waals surface area contributed by atoms with Gasteiger partial charge in [0.1, 0.15) is 0 Å². The van der Waals surface area contributed by atoms with Crippen molar-refractivity contribution in [3.8, 4) is 0 Å². The Bertz CT molecular complexity index is 318. The molecular weight excluding hydrogens is 400 g/mol. The Kier molecular flexibility index (Phi) is 16.5. The largest absolute Gasteiger partial charge is 0.384 e. The van der Waals surface area contributed by atoms with Crippen molar-refractivity contribution in [3.05, 3.63) is 0 Å². The highest BCUT2D eigenvalue weighted by atomic mass is 79.9. The third-order valence-electron chi connectivity index (χ3n) is 5.85. The van der Waals surface area contributed by atoms with E-state index in [1.54, 1.807) is 0 Å². The predicted molar refractivity (Wildman–Crippen MR) is 124 cm³/mol. The van der Waals surface area contributed by atoms with Crippen LogP contribution in [0.3, 0.4) is 0 Å². The van der Waals surface area contributed by atoms with Gasteiger partial charge in [-0.15, -0.1) is 0 Å². The Labute approximate surface area is 179 Å². The molecule has 0 aromatic heterocycles. The molecule has 0 saturated carbocycles. The molecule has 2 nitrogen and oxygen atoms in total. The Balaban J connectivity index is 4.81. The molecule has 2 atom stereocenters. The van der Waals surface area contributed by atoms with E-state index in [1.807, 2.05) is 14.2 Å². The molecular formula is C24H49BrO2. The molecule has 164 valence electrons. The molecule has 0 saturated heterocycles. The van der Waals surface area contributed by atoms with Gasteiger partial charge in [-0.2, -0.15) is 0 Å². The van der Waals surface area contributed by atoms with Gasteiger partial charge in [0.15, 0.2) is 0 Å². The molecule has 0 bridgehead atoms. The number of hydrogen-bond donors (Lipinski definition) is 0. The van der Waals surface area contributed by atoms with Gasteiger partial charge in [-0.25, -0.2) is 0 Å². The minimum Gasteiger partial charge on any atom is -0.384 e. The molecule has 0 amide bonds. The van der Waals surface area contributed by atoms with Gasteiger partial charge in [0.2, 0.25) is 0 Å². The SMILES string of the molecule is CCCCCCC(OC)C(CCC(Br)(CCC(C)C)CCC(C)C)COC. The topological polar surface area (TPSA) is 18.5 Å². The second-order valence-corrected chi connectivity index (χ2v) is 11.1. The average Bonchev–Trinajstić information content (AvgIpc) is 2.62. The van der Waals surface area contributed by atoms with E-state index in [0.29, 0.717) is 12.0 Å². The Morgan fingerprint density at radius 2 is 1.33 bits per heavy atom. The molecule has 0 aromatic carbocycles. The first-order valence-electron chi connectivity index (χ1n) is 11.5. The van der Waals surface area contributed by atoms with Crippen molar-refractivity contribution in [2.45, 2.75) is 116 Å². The summed E-state index contributed by atoms with van der Waals surface area (Å²) in [6.45, 7) is 12.4. The highest BCUT2D eigenvalue weighted by Gasteiger charge is 2.30. The molecule has 0 rings (SSSR count). The zero-order chi connectivity index (χ0) is 20.7. The van der Waals surface area contributed by atoms with Crippen LogP contribution in [0.15, 0.2) is 0 Å². The van der Waals surface area contributed by atoms with Crippen LogP contribution in [0.5, 0.6) is 0 Å². The summed E-state index contributed by atoms with van der Waals surface area (Å²) in [6.07, 6.45) is 14.2. The number of hydrogen-bond acceptors (Lipinski definition) is 2. The first kappa shape index (κ1) is 27.4. The molecule has 0 heterocycles. The van der Waals surface area contributed by atoms with Crippen LogP contribution in [0.4, 0.5) is 0 Å². The van der Waals surface area contributed by atoms with Crippen LogP contribution in [0, 0.1) is 17.8 Å². The Hall–Kier alpha value is 0.400. The Morgan fingerprint density at radius 1 is 0.778 bits per heavy atom. The van der Waals surface area contributed by atoms with E-state index in [0.717, 1.165) is 24.9 Å². The number of rotatable bonds is 18. The normalized spacial score (nSPS) is 14.9. The third-order valence-corrected chi connectivity index (χ3v) is 7.04. The van der Waals surface area contributed by atoms with Crippen molar-refractivity contribution in [2.75, 3.05) is 20.8 Å². The van der Waals surface area contributed by atoms with Crippen LogP contribution in [-0.2, 0) is 9.47 Å². The van der Waals surface area contributed by atoms with Gasteiger partial charge in [0.25, 0.3) is 0 Å². The lowest BCUT2D eigenvalue weighted by molar-refractivity contribution is 0.00264. The van der Waals surface area contributed by atoms with Gasteiger partial charge in [-0.05, 0) is 56.8 Å². The highest BCUT2D eigenvalue weighted by Crippen LogP contribution is 2.38. The van der Waals surface area contributed by atoms with E-state index in [1.165, 1.54) is 64.2 Å². The fourth-order valence-corrected chi connectivity index (χ4v) is 4.51. The van der Waals surface area contributed by atoms with Crippen molar-refractivity contribution in [2.24, 2.45) is 17.8 Å². The van der Waals surface area contributed by atoms with Gasteiger partial charge in [-0.3, -0.25) is 0 Å². The Morgan fingerprint density at radius 3 is 1.78 bits per heavy atom. The number of alkyl halides is 1. The zero-order valence-corrected chi connectivity index (χ0v) is 21.1. The van der Waals surface area contributed by atoms with Crippen LogP contribution < -0.4 is 0 Å². The molecule has 0 N–H and O–H groups in total. The van der Waals surface area contributed by atoms with Gasteiger partial charge in [-0.1, -0.05) is 76.2 Å². The fourth-order valence-electron chi connectivity index (χ4n) is 3.82. The van der Waals surface area contributed by atoms with Gasteiger partial charge >= 0.3 is 0 Å². The number of halogens is 1. The van der Waals surface area contributed by atoms with Crippen molar-refractivity contribution in [1.29, 1.82) is 0 Å². The average molecular weight is 450 g/mol. The van der Waals surface area contributed by atoms with Crippen LogP contribution in [-0.4, -0.2) is 31.3 Å². The van der Waals surface area contributed by atoms with E-state index < -0.39 is 0 Å². The first-order valence-corrected chi connectivity index (χ1v) is 12.3. The lowest BCUT2D eigenvalue weighted by Crippen LogP contribution is -2.30. The summed E-state index contributed by atoms with van der Waals surface area (Å²) in [5.41, 5.74) is 0. The fraction of sp³-hybridized carbons (Fsp3) is 1.00. The predicted octanol–water partition coefficient (Wildman–Crippen LogP) is 8.02. The molecule has 0 fully saturated rings. The second kappa shape index (κ2) is 16.2. The molecule has 0 aliphatic heterocycles. The van der Waals surface area contributed by atoms with Crippen molar-refractivity contribution in [3.63, 3.8) is 0 Å². The molecule has 0 aromatic rings. The standard InChI is InChI=1S/C24H49BrO2/c1-8-9-10-11-12-23(27-7)22(19-26-6)15-18-24(25,16-13-20(2)3)17-14-21(4)5/h20-23H,8-19H2,1-7H3. The summed E-state index contributed by atoms with van der Waals surface area (Å²) in [7, 11) is 3.71. The smallest absolute Gasteiger partial charge is 0.0621 e. The minimum absolute atomic E-state index is 0.272. The second-order valence-electron chi connectivity index (χ2n) is 9.39. The van der Waals surface area contributed by atoms with E-state index in [-0.39, 0.29) is 4.32 Å². The van der Waals surface area contributed by atoms with E-state index in [2.05, 4.69) is 50.5 Å². The first-order chi connectivity index (χ1) is 12.8. The van der Waals surface area contributed by atoms with Gasteiger partial charge in [0, 0.05) is 24.5 Å². The van der Waals surface area contributed by atoms with Crippen LogP contribution in [0.2, 0.25) is 0 Å². The number of ether oxygens (including phenoxy) is 2. The maximum Gasteiger partial charge on any atom is 0.0621 e. The van der Waals surface area contributed by atoms with Gasteiger partial charge in [0.05, 0.1) is 12.7 Å². The maximum atomic E-state index is 5.91. The van der Waals surface area contributed by atoms with E-state index in [9.17, 15) is 0 Å². The van der Waals surface area contributed by atoms with Crippen LogP contribution >= 0.6 is 15.9 Å². The summed E-state index contributed by atoms with van der Waals surface area (Å²) in [5, 5.41) is 0. The zero-order valence-electron chi connectivity index (χ0n) is 19.5. The molecule has 0 spiro atoms. The van der Waals surface area contributed by atoms with Crippen molar-refractivity contribution in [1.82, 2.24) is 0 Å². The van der Waals surface area contributed by atoms with E-state index in [4.69, 9.17) is 9.47 Å². The monoisotopic (exact) mass is 448 g/mol. The summed E-state index contributed by atoms with van der Waals surface area (Å²) >= 11 is 4.18. The van der Waals surface area contributed by atoms with Crippen LogP contribution in [0.1, 0.15) is 105 Å². The highest BCUT2D eigenvalue weighted by molar-refractivity contribution is 9.10. The third kappa shape index (κ3) is 14.1.